The Hall–Kier alpha value is -1.52. The highest BCUT2D eigenvalue weighted by Crippen LogP contribution is 2.14. The van der Waals surface area contributed by atoms with E-state index in [1.54, 1.807) is 5.38 Å². The van der Waals surface area contributed by atoms with Gasteiger partial charge in [-0.1, -0.05) is 29.8 Å². The Bertz CT molecular complexity index is 502. The minimum absolute atomic E-state index is 0.0454. The molecule has 0 aliphatic carbocycles. The van der Waals surface area contributed by atoms with Gasteiger partial charge in [0.15, 0.2) is 0 Å². The van der Waals surface area contributed by atoms with Crippen molar-refractivity contribution in [3.05, 3.63) is 51.5 Å². The third-order valence-electron chi connectivity index (χ3n) is 2.27. The molecule has 0 bridgehead atoms. The molecule has 0 radical (unpaired) electrons. The molecule has 0 unspecified atom stereocenters. The Balaban J connectivity index is 2.28. The number of hydrogen-bond donors (Lipinski definition) is 1. The van der Waals surface area contributed by atoms with Crippen LogP contribution in [0.4, 0.5) is 0 Å². The quantitative estimate of drug-likeness (QED) is 0.825. The highest BCUT2D eigenvalue weighted by Gasteiger charge is 2.12. The number of aromatic nitrogens is 1. The first-order valence-electron chi connectivity index (χ1n) is 4.96. The van der Waals surface area contributed by atoms with Crippen LogP contribution in [0, 0.1) is 6.92 Å². The maximum absolute atomic E-state index is 12.0. The third-order valence-corrected chi connectivity index (χ3v) is 3.14. The number of aryl methyl sites for hydroxylation is 1. The number of ketones is 1. The molecule has 2 aromatic rings. The van der Waals surface area contributed by atoms with Crippen molar-refractivity contribution in [2.75, 3.05) is 0 Å². The fourth-order valence-electron chi connectivity index (χ4n) is 1.36. The van der Waals surface area contributed by atoms with Crippen molar-refractivity contribution in [2.24, 2.45) is 5.73 Å². The van der Waals surface area contributed by atoms with Gasteiger partial charge in [-0.3, -0.25) is 4.79 Å². The molecule has 0 atom stereocenters. The Morgan fingerprint density at radius 2 is 2.06 bits per heavy atom. The van der Waals surface area contributed by atoms with Gasteiger partial charge in [0.1, 0.15) is 10.7 Å². The zero-order valence-corrected chi connectivity index (χ0v) is 9.75. The normalized spacial score (nSPS) is 10.4. The van der Waals surface area contributed by atoms with Gasteiger partial charge in [0, 0.05) is 17.5 Å². The molecule has 0 saturated heterocycles. The molecule has 1 heterocycles. The minimum Gasteiger partial charge on any atom is -0.325 e. The number of benzene rings is 1. The summed E-state index contributed by atoms with van der Waals surface area (Å²) in [7, 11) is 0. The zero-order chi connectivity index (χ0) is 11.5. The highest BCUT2D eigenvalue weighted by molar-refractivity contribution is 7.09. The molecule has 16 heavy (non-hydrogen) atoms. The summed E-state index contributed by atoms with van der Waals surface area (Å²) in [5.41, 5.74) is 7.74. The van der Waals surface area contributed by atoms with Gasteiger partial charge < -0.3 is 5.73 Å². The molecule has 0 saturated carbocycles. The van der Waals surface area contributed by atoms with Crippen LogP contribution in [0.25, 0.3) is 0 Å². The molecular weight excluding hydrogens is 220 g/mol. The van der Waals surface area contributed by atoms with Crippen LogP contribution in [-0.2, 0) is 6.54 Å². The standard InChI is InChI=1S/C12H12N2OS/c1-8-2-4-9(5-3-8)12(15)10-7-16-11(6-13)14-10/h2-5,7H,6,13H2,1H3. The Kier molecular flexibility index (Phi) is 3.12. The van der Waals surface area contributed by atoms with Crippen molar-refractivity contribution in [3.8, 4) is 0 Å². The number of thiazole rings is 1. The molecule has 0 aliphatic heterocycles. The van der Waals surface area contributed by atoms with Gasteiger partial charge >= 0.3 is 0 Å². The molecule has 0 fully saturated rings. The monoisotopic (exact) mass is 232 g/mol. The van der Waals surface area contributed by atoms with E-state index in [2.05, 4.69) is 4.98 Å². The lowest BCUT2D eigenvalue weighted by atomic mass is 10.1. The van der Waals surface area contributed by atoms with Gasteiger partial charge in [0.2, 0.25) is 5.78 Å². The molecule has 1 aromatic heterocycles. The Labute approximate surface area is 97.9 Å². The van der Waals surface area contributed by atoms with Crippen molar-refractivity contribution in [1.29, 1.82) is 0 Å². The molecule has 2 rings (SSSR count). The summed E-state index contributed by atoms with van der Waals surface area (Å²) < 4.78 is 0. The summed E-state index contributed by atoms with van der Waals surface area (Å²) in [6.45, 7) is 2.37. The van der Waals surface area contributed by atoms with E-state index in [0.29, 0.717) is 17.8 Å². The van der Waals surface area contributed by atoms with Crippen LogP contribution in [0.15, 0.2) is 29.6 Å². The second-order valence-corrected chi connectivity index (χ2v) is 4.47. The van der Waals surface area contributed by atoms with E-state index in [9.17, 15) is 4.79 Å². The number of carbonyl (C=O) groups is 1. The van der Waals surface area contributed by atoms with Gasteiger partial charge in [-0.25, -0.2) is 4.98 Å². The molecule has 82 valence electrons. The van der Waals surface area contributed by atoms with Crippen LogP contribution in [-0.4, -0.2) is 10.8 Å². The molecule has 0 aliphatic rings. The van der Waals surface area contributed by atoms with E-state index in [1.165, 1.54) is 11.3 Å². The van der Waals surface area contributed by atoms with Crippen molar-refractivity contribution in [2.45, 2.75) is 13.5 Å². The second kappa shape index (κ2) is 4.55. The fourth-order valence-corrected chi connectivity index (χ4v) is 2.02. The lowest BCUT2D eigenvalue weighted by Gasteiger charge is -1.98. The van der Waals surface area contributed by atoms with Crippen LogP contribution in [0.3, 0.4) is 0 Å². The van der Waals surface area contributed by atoms with Crippen LogP contribution < -0.4 is 5.73 Å². The topological polar surface area (TPSA) is 56.0 Å². The van der Waals surface area contributed by atoms with Gasteiger partial charge in [0.25, 0.3) is 0 Å². The first-order valence-corrected chi connectivity index (χ1v) is 5.84. The predicted octanol–water partition coefficient (Wildman–Crippen LogP) is 2.14. The molecule has 1 aromatic carbocycles. The SMILES string of the molecule is Cc1ccc(C(=O)c2csc(CN)n2)cc1. The largest absolute Gasteiger partial charge is 0.325 e. The first kappa shape index (κ1) is 11.0. The van der Waals surface area contributed by atoms with E-state index < -0.39 is 0 Å². The molecule has 3 nitrogen and oxygen atoms in total. The van der Waals surface area contributed by atoms with Crippen LogP contribution in [0.1, 0.15) is 26.6 Å². The molecule has 4 heteroatoms. The highest BCUT2D eigenvalue weighted by atomic mass is 32.1. The second-order valence-electron chi connectivity index (χ2n) is 3.53. The summed E-state index contributed by atoms with van der Waals surface area (Å²) in [6.07, 6.45) is 0. The van der Waals surface area contributed by atoms with E-state index in [0.717, 1.165) is 10.6 Å². The van der Waals surface area contributed by atoms with Gasteiger partial charge in [-0.05, 0) is 6.92 Å². The molecule has 2 N–H and O–H groups in total. The lowest BCUT2D eigenvalue weighted by Crippen LogP contribution is -2.03. The number of nitrogens with zero attached hydrogens (tertiary/aromatic N) is 1. The van der Waals surface area contributed by atoms with Gasteiger partial charge in [-0.2, -0.15) is 0 Å². The van der Waals surface area contributed by atoms with Crippen LogP contribution >= 0.6 is 11.3 Å². The third kappa shape index (κ3) is 2.18. The Morgan fingerprint density at radius 1 is 1.38 bits per heavy atom. The first-order chi connectivity index (χ1) is 7.70. The maximum atomic E-state index is 12.0. The van der Waals surface area contributed by atoms with Crippen LogP contribution in [0.5, 0.6) is 0 Å². The average molecular weight is 232 g/mol. The van der Waals surface area contributed by atoms with E-state index in [4.69, 9.17) is 5.73 Å². The zero-order valence-electron chi connectivity index (χ0n) is 8.93. The molecule has 0 spiro atoms. The molecular formula is C12H12N2OS. The maximum Gasteiger partial charge on any atom is 0.212 e. The summed E-state index contributed by atoms with van der Waals surface area (Å²) in [6, 6.07) is 7.48. The fraction of sp³-hybridized carbons (Fsp3) is 0.167. The summed E-state index contributed by atoms with van der Waals surface area (Å²) >= 11 is 1.42. The van der Waals surface area contributed by atoms with Crippen molar-refractivity contribution in [1.82, 2.24) is 4.98 Å². The van der Waals surface area contributed by atoms with Gasteiger partial charge in [0.05, 0.1) is 0 Å². The molecule has 0 amide bonds. The van der Waals surface area contributed by atoms with E-state index in [-0.39, 0.29) is 5.78 Å². The summed E-state index contributed by atoms with van der Waals surface area (Å²) in [4.78, 5) is 16.2. The van der Waals surface area contributed by atoms with Crippen molar-refractivity contribution in [3.63, 3.8) is 0 Å². The minimum atomic E-state index is -0.0454. The average Bonchev–Trinajstić information content (AvgIpc) is 2.77. The van der Waals surface area contributed by atoms with E-state index in [1.807, 2.05) is 31.2 Å². The van der Waals surface area contributed by atoms with Gasteiger partial charge in [-0.15, -0.1) is 11.3 Å². The number of carbonyl (C=O) groups excluding carboxylic acids is 1. The Morgan fingerprint density at radius 3 is 2.62 bits per heavy atom. The number of rotatable bonds is 3. The number of hydrogen-bond acceptors (Lipinski definition) is 4. The summed E-state index contributed by atoms with van der Waals surface area (Å²) in [5.74, 6) is -0.0454. The summed E-state index contributed by atoms with van der Waals surface area (Å²) in [5, 5.41) is 2.54. The smallest absolute Gasteiger partial charge is 0.212 e. The van der Waals surface area contributed by atoms with Crippen molar-refractivity contribution < 1.29 is 4.79 Å². The van der Waals surface area contributed by atoms with Crippen molar-refractivity contribution >= 4 is 17.1 Å². The lowest BCUT2D eigenvalue weighted by molar-refractivity contribution is 0.103. The van der Waals surface area contributed by atoms with Crippen LogP contribution in [0.2, 0.25) is 0 Å². The number of nitrogens with two attached hydrogens (primary N) is 1. The predicted molar refractivity (Wildman–Crippen MR) is 64.6 cm³/mol. The van der Waals surface area contributed by atoms with E-state index >= 15 is 0 Å².